The minimum absolute atomic E-state index is 0.152. The van der Waals surface area contributed by atoms with E-state index in [4.69, 9.17) is 42.6 Å². The number of aryl methyl sites for hydroxylation is 7. The molecule has 0 saturated carbocycles. The molecule has 0 N–H and O–H groups in total. The Morgan fingerprint density at radius 2 is 0.512 bits per heavy atom. The van der Waals surface area contributed by atoms with Crippen LogP contribution < -0.4 is 28.4 Å². The molecule has 0 fully saturated rings. The van der Waals surface area contributed by atoms with E-state index in [1.807, 2.05) is 58.0 Å². The van der Waals surface area contributed by atoms with Gasteiger partial charge in [0.15, 0.2) is 0 Å². The number of carbonyl (C=O) groups excluding carboxylic acids is 9. The summed E-state index contributed by atoms with van der Waals surface area (Å²) in [6.45, 7) is 50.7. The molecule has 18 heteroatoms. The Morgan fingerprint density at radius 1 is 0.281 bits per heavy atom. The summed E-state index contributed by atoms with van der Waals surface area (Å²) < 4.78 is 48.8. The van der Waals surface area contributed by atoms with Gasteiger partial charge in [0.05, 0.1) is 19.8 Å². The second-order valence-corrected chi connectivity index (χ2v) is 30.6. The number of fused-ring (bicyclic) bond motifs is 3. The SMILES string of the molecule is C=CC(=O)OCC1CCc2ccc(-c3cc(C)c(-c4cc(OC(=O)C(=C)C)cc(OC(=O)C(=C)C)c4)cc3C)cc21.C=CC(=O)OCC1CCc2ccc(-c3ccc(-c4cc(OC(=O)C(=C)C)cc(OC(=O)C(=C)C)c4)c(C)c3)cc21.C=CC(=O)OCC1CCc2ccc(-c3ccc(-c4cc(OC(=O)C(=C)C)cc(OC(=O)C(=C)C)c4)cc3C)cc21. The zero-order chi connectivity index (χ0) is 87.8. The molecular formula is C103H98O18. The lowest BCUT2D eigenvalue weighted by Gasteiger charge is -2.17. The molecule has 3 aliphatic carbocycles. The minimum Gasteiger partial charge on any atom is -0.462 e. The van der Waals surface area contributed by atoms with Gasteiger partial charge in [-0.15, -0.1) is 0 Å². The van der Waals surface area contributed by atoms with Crippen LogP contribution in [0, 0.1) is 27.7 Å². The molecule has 0 heterocycles. The molecule has 3 unspecified atom stereocenters. The normalized spacial score (nSPS) is 13.6. The van der Waals surface area contributed by atoms with Gasteiger partial charge >= 0.3 is 53.7 Å². The quantitative estimate of drug-likeness (QED) is 0.0201. The first-order chi connectivity index (χ1) is 57.6. The molecule has 618 valence electrons. The second-order valence-electron chi connectivity index (χ2n) is 30.6. The van der Waals surface area contributed by atoms with E-state index < -0.39 is 53.7 Å². The first kappa shape index (κ1) is 89.2. The van der Waals surface area contributed by atoms with Gasteiger partial charge in [-0.3, -0.25) is 0 Å². The van der Waals surface area contributed by atoms with Crippen molar-refractivity contribution in [1.82, 2.24) is 0 Å². The highest BCUT2D eigenvalue weighted by Gasteiger charge is 2.29. The van der Waals surface area contributed by atoms with Crippen LogP contribution in [0.2, 0.25) is 0 Å². The van der Waals surface area contributed by atoms with E-state index >= 15 is 0 Å². The number of esters is 9. The van der Waals surface area contributed by atoms with E-state index in [0.717, 1.165) is 122 Å². The zero-order valence-corrected chi connectivity index (χ0v) is 70.1. The second kappa shape index (κ2) is 39.9. The number of carbonyl (C=O) groups is 9. The molecule has 12 rings (SSSR count). The fourth-order valence-electron chi connectivity index (χ4n) is 14.3. The molecule has 0 spiro atoms. The van der Waals surface area contributed by atoms with E-state index in [1.54, 1.807) is 77.9 Å². The highest BCUT2D eigenvalue weighted by atomic mass is 16.6. The molecule has 121 heavy (non-hydrogen) atoms. The van der Waals surface area contributed by atoms with Crippen LogP contribution in [0.15, 0.2) is 269 Å². The van der Waals surface area contributed by atoms with Crippen molar-refractivity contribution in [3.63, 3.8) is 0 Å². The van der Waals surface area contributed by atoms with Gasteiger partial charge in [0.2, 0.25) is 0 Å². The molecular weight excluding hydrogens is 1530 g/mol. The average molecular weight is 1620 g/mol. The van der Waals surface area contributed by atoms with Crippen molar-refractivity contribution < 1.29 is 85.8 Å². The number of rotatable bonds is 27. The Bertz CT molecular complexity index is 5660. The predicted molar refractivity (Wildman–Crippen MR) is 470 cm³/mol. The third-order valence-electron chi connectivity index (χ3n) is 20.8. The van der Waals surface area contributed by atoms with Gasteiger partial charge in [0, 0.05) is 87.6 Å². The van der Waals surface area contributed by atoms with Gasteiger partial charge in [-0.2, -0.15) is 0 Å². The average Bonchev–Trinajstić information content (AvgIpc) is 1.78. The molecule has 0 bridgehead atoms. The molecule has 3 atom stereocenters. The molecule has 0 radical (unpaired) electrons. The fraction of sp³-hybridized carbons (Fsp3) is 0.214. The van der Waals surface area contributed by atoms with Crippen LogP contribution in [0.25, 0.3) is 66.8 Å². The van der Waals surface area contributed by atoms with Crippen LogP contribution in [0.3, 0.4) is 0 Å². The van der Waals surface area contributed by atoms with E-state index in [1.165, 1.54) is 69.8 Å². The highest BCUT2D eigenvalue weighted by Crippen LogP contribution is 2.44. The lowest BCUT2D eigenvalue weighted by atomic mass is 9.90. The number of benzene rings is 9. The van der Waals surface area contributed by atoms with Crippen LogP contribution >= 0.6 is 0 Å². The molecule has 0 amide bonds. The van der Waals surface area contributed by atoms with Crippen molar-refractivity contribution in [2.24, 2.45) is 0 Å². The Kier molecular flexibility index (Phi) is 29.4. The maximum atomic E-state index is 12.2. The van der Waals surface area contributed by atoms with Gasteiger partial charge < -0.3 is 42.6 Å². The maximum Gasteiger partial charge on any atom is 0.338 e. The van der Waals surface area contributed by atoms with E-state index in [2.05, 4.69) is 132 Å². The van der Waals surface area contributed by atoms with Crippen LogP contribution in [0.4, 0.5) is 0 Å². The molecule has 0 aliphatic heterocycles. The van der Waals surface area contributed by atoms with E-state index in [9.17, 15) is 43.2 Å². The molecule has 18 nitrogen and oxygen atoms in total. The maximum absolute atomic E-state index is 12.2. The first-order valence-corrected chi connectivity index (χ1v) is 39.4. The van der Waals surface area contributed by atoms with Crippen molar-refractivity contribution in [2.75, 3.05) is 19.8 Å². The molecule has 0 saturated heterocycles. The summed E-state index contributed by atoms with van der Waals surface area (Å²) in [6, 6.07) is 50.6. The Labute approximate surface area is 706 Å². The van der Waals surface area contributed by atoms with E-state index in [0.29, 0.717) is 25.4 Å². The van der Waals surface area contributed by atoms with Crippen molar-refractivity contribution in [2.45, 2.75) is 126 Å². The van der Waals surface area contributed by atoms with Gasteiger partial charge in [-0.05, 0) is 267 Å². The van der Waals surface area contributed by atoms with Gasteiger partial charge in [-0.25, -0.2) is 43.2 Å². The van der Waals surface area contributed by atoms with Gasteiger partial charge in [0.25, 0.3) is 0 Å². The van der Waals surface area contributed by atoms with Gasteiger partial charge in [0.1, 0.15) is 34.5 Å². The van der Waals surface area contributed by atoms with Crippen LogP contribution in [0.5, 0.6) is 34.5 Å². The van der Waals surface area contributed by atoms with Crippen LogP contribution in [-0.4, -0.2) is 73.5 Å². The highest BCUT2D eigenvalue weighted by molar-refractivity contribution is 5.94. The predicted octanol–water partition coefficient (Wildman–Crippen LogP) is 21.5. The minimum atomic E-state index is -0.574. The number of ether oxygens (including phenoxy) is 9. The topological polar surface area (TPSA) is 237 Å². The molecule has 9 aromatic rings. The summed E-state index contributed by atoms with van der Waals surface area (Å²) in [5.41, 5.74) is 24.2. The number of hydrogen-bond acceptors (Lipinski definition) is 18. The monoisotopic (exact) mass is 1620 g/mol. The summed E-state index contributed by atoms with van der Waals surface area (Å²) >= 11 is 0. The number of hydrogen-bond donors (Lipinski definition) is 0. The van der Waals surface area contributed by atoms with Crippen molar-refractivity contribution in [1.29, 1.82) is 0 Å². The smallest absolute Gasteiger partial charge is 0.338 e. The summed E-state index contributed by atoms with van der Waals surface area (Å²) in [5.74, 6) is -2.79. The Morgan fingerprint density at radius 3 is 0.810 bits per heavy atom. The third kappa shape index (κ3) is 23.0. The van der Waals surface area contributed by atoms with Gasteiger partial charge in [-0.1, -0.05) is 162 Å². The summed E-state index contributed by atoms with van der Waals surface area (Å²) in [4.78, 5) is 108. The van der Waals surface area contributed by atoms with Crippen molar-refractivity contribution in [3.05, 3.63) is 324 Å². The first-order valence-electron chi connectivity index (χ1n) is 39.4. The lowest BCUT2D eigenvalue weighted by Crippen LogP contribution is -2.10. The third-order valence-corrected chi connectivity index (χ3v) is 20.8. The molecule has 3 aliphatic rings. The fourth-order valence-corrected chi connectivity index (χ4v) is 14.3. The van der Waals surface area contributed by atoms with Crippen molar-refractivity contribution >= 4 is 53.7 Å². The Hall–Kier alpha value is -14.1. The van der Waals surface area contributed by atoms with Crippen molar-refractivity contribution in [3.8, 4) is 101 Å². The lowest BCUT2D eigenvalue weighted by molar-refractivity contribution is -0.139. The molecule has 9 aromatic carbocycles. The summed E-state index contributed by atoms with van der Waals surface area (Å²) in [5, 5.41) is 0. The summed E-state index contributed by atoms with van der Waals surface area (Å²) in [6.07, 6.45) is 9.22. The Balaban J connectivity index is 0.000000190. The summed E-state index contributed by atoms with van der Waals surface area (Å²) in [7, 11) is 0. The van der Waals surface area contributed by atoms with E-state index in [-0.39, 0.29) is 85.7 Å². The largest absolute Gasteiger partial charge is 0.462 e. The zero-order valence-electron chi connectivity index (χ0n) is 70.1. The van der Waals surface area contributed by atoms with Crippen LogP contribution in [-0.2, 0) is 76.6 Å². The van der Waals surface area contributed by atoms with Crippen LogP contribution in [0.1, 0.15) is 134 Å². The molecule has 0 aromatic heterocycles. The standard InChI is InChI=1S/C35H34O6.2C34H32O6/c1-8-33(36)39-19-26-12-10-24-9-11-25(17-32(24)26)30-13-23(7)31(14-22(30)6)27-15-28(40-34(37)20(2)3)18-29(16-27)41-35(38)21(4)5;1-7-32(35)38-19-26-11-9-23-8-10-25(17-31(23)26)30-13-12-24(14-22(30)6)27-15-28(39-33(36)20(2)3)18-29(16-27)40-34(37)21(4)5;1-7-32(35)38-19-26-11-9-23-8-10-25(17-31(23)26)24-12-13-30(22(6)14-24)27-15-28(39-33(36)20(2)3)18-29(16-27)40-34(37)21(4)5/h8-9,11,13-18,26H,1-2,4,10,12,19H2,3,5-7H3;2*7-8,10,12-18,26H,1-2,4,9,11,19H2,3,5-6H3.